The summed E-state index contributed by atoms with van der Waals surface area (Å²) in [7, 11) is 0. The maximum absolute atomic E-state index is 2.36. The van der Waals surface area contributed by atoms with Crippen LogP contribution in [0.25, 0.3) is 76.5 Å². The van der Waals surface area contributed by atoms with Crippen LogP contribution in [0.1, 0.15) is 25.3 Å². The van der Waals surface area contributed by atoms with Gasteiger partial charge in [-0.2, -0.15) is 0 Å². The number of hydrogen-bond acceptors (Lipinski definition) is 2. The molecule has 0 amide bonds. The fourth-order valence-electron chi connectivity index (χ4n) is 10.8. The summed E-state index contributed by atoms with van der Waals surface area (Å²) >= 11 is 0. The first-order chi connectivity index (χ1) is 34.1. The van der Waals surface area contributed by atoms with E-state index in [1.807, 2.05) is 0 Å². The Labute approximate surface area is 404 Å². The van der Waals surface area contributed by atoms with Gasteiger partial charge in [0.25, 0.3) is 0 Å². The highest BCUT2D eigenvalue weighted by atomic mass is 15.2. The Bertz CT molecular complexity index is 3490. The summed E-state index contributed by atoms with van der Waals surface area (Å²) in [4.78, 5) is 4.72. The lowest BCUT2D eigenvalue weighted by Crippen LogP contribution is -2.13. The molecule has 69 heavy (non-hydrogen) atoms. The number of fused-ring (bicyclic) bond motifs is 4. The molecule has 0 aliphatic heterocycles. The van der Waals surface area contributed by atoms with Crippen LogP contribution in [0.3, 0.4) is 0 Å². The molecule has 0 saturated carbocycles. The van der Waals surface area contributed by atoms with Crippen molar-refractivity contribution in [3.63, 3.8) is 0 Å². The number of nitrogens with zero attached hydrogens (tertiary/aromatic N) is 2. The Balaban J connectivity index is 1.06. The fourth-order valence-corrected chi connectivity index (χ4v) is 10.8. The van der Waals surface area contributed by atoms with E-state index in [9.17, 15) is 0 Å². The topological polar surface area (TPSA) is 6.48 Å². The van der Waals surface area contributed by atoms with Gasteiger partial charge in [0, 0.05) is 34.1 Å². The molecule has 12 aromatic carbocycles. The van der Waals surface area contributed by atoms with Gasteiger partial charge in [0.05, 0.1) is 0 Å². The van der Waals surface area contributed by atoms with Crippen molar-refractivity contribution in [1.29, 1.82) is 0 Å². The van der Waals surface area contributed by atoms with Crippen molar-refractivity contribution >= 4 is 77.2 Å². The summed E-state index contributed by atoms with van der Waals surface area (Å²) in [6.45, 7) is 4.64. The summed E-state index contributed by atoms with van der Waals surface area (Å²) in [6.07, 6.45) is 0. The zero-order chi connectivity index (χ0) is 46.3. The van der Waals surface area contributed by atoms with E-state index < -0.39 is 0 Å². The predicted molar refractivity (Wildman–Crippen MR) is 296 cm³/mol. The molecule has 0 aliphatic carbocycles. The number of hydrogen-bond donors (Lipinski definition) is 0. The molecule has 12 rings (SSSR count). The number of para-hydroxylation sites is 4. The largest absolute Gasteiger partial charge is 0.310 e. The first-order valence-corrected chi connectivity index (χ1v) is 24.0. The summed E-state index contributed by atoms with van der Waals surface area (Å²) in [5, 5.41) is 10.2. The third-order valence-corrected chi connectivity index (χ3v) is 13.7. The molecular formula is C67H50N2. The van der Waals surface area contributed by atoms with E-state index in [4.69, 9.17) is 0 Å². The van der Waals surface area contributed by atoms with Gasteiger partial charge in [0.15, 0.2) is 0 Å². The second-order valence-electron chi connectivity index (χ2n) is 18.2. The van der Waals surface area contributed by atoms with E-state index in [1.54, 1.807) is 0 Å². The van der Waals surface area contributed by atoms with Gasteiger partial charge in [-0.1, -0.05) is 208 Å². The van der Waals surface area contributed by atoms with Crippen molar-refractivity contribution in [2.45, 2.75) is 19.8 Å². The van der Waals surface area contributed by atoms with Crippen molar-refractivity contribution < 1.29 is 0 Å². The third kappa shape index (κ3) is 7.48. The molecule has 328 valence electrons. The van der Waals surface area contributed by atoms with Gasteiger partial charge in [-0.25, -0.2) is 0 Å². The van der Waals surface area contributed by atoms with Crippen LogP contribution in [-0.2, 0) is 0 Å². The number of anilines is 6. The minimum Gasteiger partial charge on any atom is -0.310 e. The summed E-state index contributed by atoms with van der Waals surface area (Å²) < 4.78 is 0. The van der Waals surface area contributed by atoms with Crippen LogP contribution in [-0.4, -0.2) is 0 Å². The Morgan fingerprint density at radius 1 is 0.232 bits per heavy atom. The highest BCUT2D eigenvalue weighted by molar-refractivity contribution is 6.28. The maximum Gasteiger partial charge on any atom is 0.0488 e. The molecule has 0 bridgehead atoms. The lowest BCUT2D eigenvalue weighted by molar-refractivity contribution is 0.885. The van der Waals surface area contributed by atoms with Crippen molar-refractivity contribution in [1.82, 2.24) is 0 Å². The van der Waals surface area contributed by atoms with Crippen LogP contribution in [0, 0.1) is 0 Å². The van der Waals surface area contributed by atoms with Gasteiger partial charge in [-0.15, -0.1) is 0 Å². The zero-order valence-electron chi connectivity index (χ0n) is 38.8. The molecule has 2 nitrogen and oxygen atoms in total. The van der Waals surface area contributed by atoms with Gasteiger partial charge in [-0.3, -0.25) is 0 Å². The number of benzene rings is 12. The molecule has 0 aromatic heterocycles. The highest BCUT2D eigenvalue weighted by Gasteiger charge is 2.24. The summed E-state index contributed by atoms with van der Waals surface area (Å²) in [5.41, 5.74) is 15.2. The van der Waals surface area contributed by atoms with Crippen molar-refractivity contribution in [2.24, 2.45) is 0 Å². The van der Waals surface area contributed by atoms with Crippen LogP contribution >= 0.6 is 0 Å². The summed E-state index contributed by atoms with van der Waals surface area (Å²) in [5.74, 6) is 0.375. The SMILES string of the molecule is CC(C)c1c2ccccc2c(-c2c3ccccc3c(-c3ccc(-c4cc(N(c5ccccc5)c5ccccc5)cc(N(c5ccccc5)c5ccccc5)c4)cc3)c3ccccc23)c2ccccc12. The molecule has 0 N–H and O–H groups in total. The average Bonchev–Trinajstić information content (AvgIpc) is 3.41. The van der Waals surface area contributed by atoms with Gasteiger partial charge < -0.3 is 9.80 Å². The van der Waals surface area contributed by atoms with Crippen molar-refractivity contribution in [3.05, 3.63) is 266 Å². The molecule has 0 atom stereocenters. The van der Waals surface area contributed by atoms with Crippen molar-refractivity contribution in [3.8, 4) is 33.4 Å². The first kappa shape index (κ1) is 41.7. The van der Waals surface area contributed by atoms with Crippen LogP contribution < -0.4 is 9.80 Å². The smallest absolute Gasteiger partial charge is 0.0488 e. The van der Waals surface area contributed by atoms with E-state index in [0.717, 1.165) is 45.3 Å². The normalized spacial score (nSPS) is 11.5. The molecule has 0 unspecified atom stereocenters. The van der Waals surface area contributed by atoms with Crippen LogP contribution in [0.5, 0.6) is 0 Å². The van der Waals surface area contributed by atoms with E-state index in [-0.39, 0.29) is 0 Å². The Morgan fingerprint density at radius 3 is 0.841 bits per heavy atom. The molecule has 0 radical (unpaired) electrons. The lowest BCUT2D eigenvalue weighted by atomic mass is 9.80. The standard InChI is InChI=1S/C67H50N2/c1-46(2)64-56-31-15-19-35-60(56)66(61-36-20-16-32-57(61)64)67-62-37-21-17-33-58(62)65(59-34-18-22-38-63(59)67)48-41-39-47(40-42-48)49-43-54(68(50-23-7-3-8-24-50)51-25-9-4-10-26-51)45-55(44-49)69(52-27-11-5-12-28-52)53-29-13-6-14-30-53/h3-46H,1-2H3. The first-order valence-electron chi connectivity index (χ1n) is 24.0. The van der Waals surface area contributed by atoms with E-state index in [2.05, 4.69) is 285 Å². The monoisotopic (exact) mass is 882 g/mol. The Kier molecular flexibility index (Phi) is 10.8. The minimum absolute atomic E-state index is 0.375. The van der Waals surface area contributed by atoms with E-state index in [0.29, 0.717) is 5.92 Å². The van der Waals surface area contributed by atoms with Gasteiger partial charge in [0.1, 0.15) is 0 Å². The van der Waals surface area contributed by atoms with Crippen LogP contribution in [0.2, 0.25) is 0 Å². The average molecular weight is 883 g/mol. The molecule has 2 heteroatoms. The van der Waals surface area contributed by atoms with Gasteiger partial charge >= 0.3 is 0 Å². The predicted octanol–water partition coefficient (Wildman–Crippen LogP) is 19.4. The molecule has 0 saturated heterocycles. The molecule has 0 fully saturated rings. The highest BCUT2D eigenvalue weighted by Crippen LogP contribution is 2.50. The minimum atomic E-state index is 0.375. The Morgan fingerprint density at radius 2 is 0.507 bits per heavy atom. The third-order valence-electron chi connectivity index (χ3n) is 13.7. The zero-order valence-corrected chi connectivity index (χ0v) is 38.8. The molecular weight excluding hydrogens is 833 g/mol. The summed E-state index contributed by atoms with van der Waals surface area (Å²) in [6, 6.07) is 95.2. The quantitative estimate of drug-likeness (QED) is 0.126. The molecule has 0 spiro atoms. The molecule has 0 aliphatic rings. The second kappa shape index (κ2) is 17.8. The van der Waals surface area contributed by atoms with E-state index >= 15 is 0 Å². The van der Waals surface area contributed by atoms with Crippen LogP contribution in [0.4, 0.5) is 34.1 Å². The lowest BCUT2D eigenvalue weighted by Gasteiger charge is -2.30. The molecule has 0 heterocycles. The fraction of sp³-hybridized carbons (Fsp3) is 0.0448. The van der Waals surface area contributed by atoms with E-state index in [1.165, 1.54) is 70.9 Å². The van der Waals surface area contributed by atoms with Crippen molar-refractivity contribution in [2.75, 3.05) is 9.80 Å². The van der Waals surface area contributed by atoms with Gasteiger partial charge in [-0.05, 0) is 155 Å². The molecule has 12 aromatic rings. The van der Waals surface area contributed by atoms with Crippen LogP contribution in [0.15, 0.2) is 261 Å². The number of rotatable bonds is 10. The van der Waals surface area contributed by atoms with Gasteiger partial charge in [0.2, 0.25) is 0 Å². The Hall–Kier alpha value is -8.72. The second-order valence-corrected chi connectivity index (χ2v) is 18.2. The maximum atomic E-state index is 2.36.